The molecule has 0 aliphatic heterocycles. The smallest absolute Gasteiger partial charge is 0.207 e. The minimum absolute atomic E-state index is 0.508. The maximum Gasteiger partial charge on any atom is 0.246 e. The molecule has 3 nitrogen and oxygen atoms in total. The Hall–Kier alpha value is -1.50. The molecule has 2 aromatic rings. The molecule has 0 amide bonds. The summed E-state index contributed by atoms with van der Waals surface area (Å²) >= 11 is 5.75. The zero-order chi connectivity index (χ0) is 15.6. The van der Waals surface area contributed by atoms with E-state index < -0.39 is 32.6 Å². The number of sulfonamides is 1. The van der Waals surface area contributed by atoms with E-state index in [1.54, 1.807) is 31.2 Å². The van der Waals surface area contributed by atoms with Gasteiger partial charge in [0.1, 0.15) is 11.6 Å². The van der Waals surface area contributed by atoms with Gasteiger partial charge >= 0.3 is 0 Å². The summed E-state index contributed by atoms with van der Waals surface area (Å²) in [5.41, 5.74) is 0.625. The average molecular weight is 332 g/mol. The second-order valence-electron chi connectivity index (χ2n) is 4.45. The average Bonchev–Trinajstić information content (AvgIpc) is 2.38. The summed E-state index contributed by atoms with van der Waals surface area (Å²) in [7, 11) is -4.31. The number of hydrogen-bond donors (Lipinski definition) is 1. The van der Waals surface area contributed by atoms with Crippen LogP contribution >= 0.6 is 11.6 Å². The predicted molar refractivity (Wildman–Crippen MR) is 76.5 cm³/mol. The molecule has 112 valence electrons. The van der Waals surface area contributed by atoms with Crippen molar-refractivity contribution in [3.8, 4) is 0 Å². The van der Waals surface area contributed by atoms with Crippen LogP contribution in [0.2, 0.25) is 5.02 Å². The molecule has 0 fully saturated rings. The highest BCUT2D eigenvalue weighted by Crippen LogP contribution is 2.22. The van der Waals surface area contributed by atoms with Crippen molar-refractivity contribution in [3.63, 3.8) is 0 Å². The first kappa shape index (κ1) is 15.9. The Morgan fingerprint density at radius 2 is 1.57 bits per heavy atom. The molecule has 0 heterocycles. The van der Waals surface area contributed by atoms with Gasteiger partial charge in [-0.05, 0) is 36.8 Å². The van der Waals surface area contributed by atoms with Crippen molar-refractivity contribution in [2.45, 2.75) is 17.9 Å². The van der Waals surface area contributed by atoms with E-state index in [0.717, 1.165) is 18.2 Å². The number of benzene rings is 2. The Balaban J connectivity index is 2.31. The van der Waals surface area contributed by atoms with Gasteiger partial charge in [-0.2, -0.15) is 0 Å². The number of rotatable bonds is 4. The van der Waals surface area contributed by atoms with Gasteiger partial charge in [-0.25, -0.2) is 21.9 Å². The predicted octanol–water partition coefficient (Wildman–Crippen LogP) is 3.66. The SMILES string of the molecule is CC(NS(=O)(=O)c1c(F)cccc1F)c1ccc(Cl)cc1. The molecule has 0 aliphatic carbocycles. The zero-order valence-electron chi connectivity index (χ0n) is 11.0. The normalized spacial score (nSPS) is 13.1. The molecule has 0 saturated heterocycles. The van der Waals surface area contributed by atoms with E-state index in [4.69, 9.17) is 11.6 Å². The van der Waals surface area contributed by atoms with E-state index in [1.165, 1.54) is 0 Å². The van der Waals surface area contributed by atoms with Gasteiger partial charge in [0.2, 0.25) is 10.0 Å². The lowest BCUT2D eigenvalue weighted by molar-refractivity contribution is 0.509. The van der Waals surface area contributed by atoms with Crippen LogP contribution in [-0.2, 0) is 10.0 Å². The van der Waals surface area contributed by atoms with Gasteiger partial charge in [0, 0.05) is 11.1 Å². The van der Waals surface area contributed by atoms with Crippen molar-refractivity contribution in [3.05, 3.63) is 64.7 Å². The summed E-state index contributed by atoms with van der Waals surface area (Å²) in [4.78, 5) is -0.981. The van der Waals surface area contributed by atoms with Crippen molar-refractivity contribution >= 4 is 21.6 Å². The molecule has 0 bridgehead atoms. The Morgan fingerprint density at radius 1 is 1.05 bits per heavy atom. The molecule has 1 N–H and O–H groups in total. The molecule has 0 saturated carbocycles. The number of halogens is 3. The highest BCUT2D eigenvalue weighted by atomic mass is 35.5. The molecule has 0 aliphatic rings. The van der Waals surface area contributed by atoms with Gasteiger partial charge in [0.15, 0.2) is 4.90 Å². The lowest BCUT2D eigenvalue weighted by atomic mass is 10.1. The Kier molecular flexibility index (Phi) is 4.61. The Labute approximate surface area is 126 Å². The van der Waals surface area contributed by atoms with E-state index >= 15 is 0 Å². The summed E-state index contributed by atoms with van der Waals surface area (Å²) in [6.45, 7) is 1.57. The molecular formula is C14H12ClF2NO2S. The first-order valence-electron chi connectivity index (χ1n) is 6.03. The number of nitrogens with one attached hydrogen (secondary N) is 1. The van der Waals surface area contributed by atoms with Crippen molar-refractivity contribution in [1.82, 2.24) is 4.72 Å². The van der Waals surface area contributed by atoms with E-state index in [0.29, 0.717) is 10.6 Å². The Morgan fingerprint density at radius 3 is 2.10 bits per heavy atom. The largest absolute Gasteiger partial charge is 0.246 e. The van der Waals surface area contributed by atoms with Crippen LogP contribution in [0.3, 0.4) is 0 Å². The fourth-order valence-corrected chi connectivity index (χ4v) is 3.35. The van der Waals surface area contributed by atoms with E-state index in [2.05, 4.69) is 4.72 Å². The molecule has 7 heteroatoms. The summed E-state index contributed by atoms with van der Waals surface area (Å²) in [6, 6.07) is 8.70. The number of hydrogen-bond acceptors (Lipinski definition) is 2. The molecule has 0 aromatic heterocycles. The molecule has 2 rings (SSSR count). The van der Waals surface area contributed by atoms with E-state index in [9.17, 15) is 17.2 Å². The lowest BCUT2D eigenvalue weighted by Gasteiger charge is -2.15. The first-order valence-corrected chi connectivity index (χ1v) is 7.89. The van der Waals surface area contributed by atoms with Gasteiger partial charge < -0.3 is 0 Å². The molecule has 2 aromatic carbocycles. The topological polar surface area (TPSA) is 46.2 Å². The quantitative estimate of drug-likeness (QED) is 0.929. The second-order valence-corrected chi connectivity index (χ2v) is 6.53. The second kappa shape index (κ2) is 6.09. The van der Waals surface area contributed by atoms with Gasteiger partial charge in [0.25, 0.3) is 0 Å². The fourth-order valence-electron chi connectivity index (χ4n) is 1.85. The molecule has 0 radical (unpaired) electrons. The summed E-state index contributed by atoms with van der Waals surface area (Å²) < 4.78 is 53.6. The summed E-state index contributed by atoms with van der Waals surface area (Å²) in [6.07, 6.45) is 0. The summed E-state index contributed by atoms with van der Waals surface area (Å²) in [5.74, 6) is -2.27. The Bertz CT molecular complexity index is 728. The molecular weight excluding hydrogens is 320 g/mol. The third-order valence-corrected chi connectivity index (χ3v) is 4.73. The van der Waals surface area contributed by atoms with Crippen LogP contribution in [0.25, 0.3) is 0 Å². The van der Waals surface area contributed by atoms with Gasteiger partial charge in [0.05, 0.1) is 0 Å². The van der Waals surface area contributed by atoms with Crippen LogP contribution in [0.1, 0.15) is 18.5 Å². The molecule has 21 heavy (non-hydrogen) atoms. The van der Waals surface area contributed by atoms with Crippen LogP contribution in [0.4, 0.5) is 8.78 Å². The molecule has 1 unspecified atom stereocenters. The third kappa shape index (κ3) is 3.58. The van der Waals surface area contributed by atoms with Crippen molar-refractivity contribution in [2.24, 2.45) is 0 Å². The maximum atomic E-state index is 13.6. The first-order chi connectivity index (χ1) is 9.81. The minimum atomic E-state index is -4.31. The highest BCUT2D eigenvalue weighted by molar-refractivity contribution is 7.89. The monoisotopic (exact) mass is 331 g/mol. The van der Waals surface area contributed by atoms with Gasteiger partial charge in [-0.1, -0.05) is 29.8 Å². The van der Waals surface area contributed by atoms with E-state index in [1.807, 2.05) is 0 Å². The minimum Gasteiger partial charge on any atom is -0.207 e. The van der Waals surface area contributed by atoms with Crippen molar-refractivity contribution < 1.29 is 17.2 Å². The fraction of sp³-hybridized carbons (Fsp3) is 0.143. The summed E-state index contributed by atoms with van der Waals surface area (Å²) in [5, 5.41) is 0.508. The van der Waals surface area contributed by atoms with Gasteiger partial charge in [-0.3, -0.25) is 0 Å². The van der Waals surface area contributed by atoms with Crippen LogP contribution in [-0.4, -0.2) is 8.42 Å². The van der Waals surface area contributed by atoms with Crippen LogP contribution < -0.4 is 4.72 Å². The zero-order valence-corrected chi connectivity index (χ0v) is 12.5. The van der Waals surface area contributed by atoms with Gasteiger partial charge in [-0.15, -0.1) is 0 Å². The lowest BCUT2D eigenvalue weighted by Crippen LogP contribution is -2.28. The third-order valence-electron chi connectivity index (χ3n) is 2.89. The van der Waals surface area contributed by atoms with Crippen LogP contribution in [0.5, 0.6) is 0 Å². The van der Waals surface area contributed by atoms with E-state index in [-0.39, 0.29) is 0 Å². The van der Waals surface area contributed by atoms with Crippen LogP contribution in [0, 0.1) is 11.6 Å². The van der Waals surface area contributed by atoms with Crippen LogP contribution in [0.15, 0.2) is 47.4 Å². The maximum absolute atomic E-state index is 13.6. The van der Waals surface area contributed by atoms with Crippen molar-refractivity contribution in [2.75, 3.05) is 0 Å². The molecule has 0 spiro atoms. The molecule has 1 atom stereocenters. The highest BCUT2D eigenvalue weighted by Gasteiger charge is 2.25. The standard InChI is InChI=1S/C14H12ClF2NO2S/c1-9(10-5-7-11(15)8-6-10)18-21(19,20)14-12(16)3-2-4-13(14)17/h2-9,18H,1H3. The van der Waals surface area contributed by atoms with Crippen molar-refractivity contribution in [1.29, 1.82) is 0 Å².